The van der Waals surface area contributed by atoms with E-state index in [-0.39, 0.29) is 11.6 Å². The lowest BCUT2D eigenvalue weighted by Gasteiger charge is -2.44. The van der Waals surface area contributed by atoms with Gasteiger partial charge in [-0.05, 0) is 53.4 Å². The van der Waals surface area contributed by atoms with Crippen LogP contribution in [0.5, 0.6) is 0 Å². The van der Waals surface area contributed by atoms with Crippen LogP contribution in [0.3, 0.4) is 0 Å². The van der Waals surface area contributed by atoms with E-state index in [0.29, 0.717) is 0 Å². The van der Waals surface area contributed by atoms with Gasteiger partial charge in [0, 0.05) is 5.54 Å². The third kappa shape index (κ3) is 3.01. The van der Waals surface area contributed by atoms with E-state index in [4.69, 9.17) is 0 Å². The fourth-order valence-corrected chi connectivity index (χ4v) is 2.15. The molecule has 2 amide bonds. The lowest BCUT2D eigenvalue weighted by atomic mass is 9.74. The number of carboxylic acids is 1. The summed E-state index contributed by atoms with van der Waals surface area (Å²) in [6, 6.07) is -0.277. The third-order valence-corrected chi connectivity index (χ3v) is 4.89. The molecule has 19 heavy (non-hydrogen) atoms. The Kier molecular flexibility index (Phi) is 4.17. The molecule has 1 fully saturated rings. The Labute approximate surface area is 115 Å². The van der Waals surface area contributed by atoms with Crippen LogP contribution in [0.4, 0.5) is 4.79 Å². The van der Waals surface area contributed by atoms with Crippen molar-refractivity contribution in [3.8, 4) is 0 Å². The predicted octanol–water partition coefficient (Wildman–Crippen LogP) is 2.51. The number of urea groups is 1. The number of carbonyl (C=O) groups excluding carboxylic acids is 1. The summed E-state index contributed by atoms with van der Waals surface area (Å²) in [5.74, 6) is -0.924. The van der Waals surface area contributed by atoms with Gasteiger partial charge in [-0.15, -0.1) is 0 Å². The van der Waals surface area contributed by atoms with E-state index in [1.165, 1.54) is 0 Å². The zero-order valence-corrected chi connectivity index (χ0v) is 12.6. The number of carboxylic acid groups (broad SMARTS) is 1. The summed E-state index contributed by atoms with van der Waals surface area (Å²) < 4.78 is 0. The van der Waals surface area contributed by atoms with Crippen molar-refractivity contribution in [2.45, 2.75) is 71.4 Å². The quantitative estimate of drug-likeness (QED) is 0.718. The monoisotopic (exact) mass is 270 g/mol. The molecule has 110 valence electrons. The van der Waals surface area contributed by atoms with Crippen LogP contribution in [-0.4, -0.2) is 28.2 Å². The molecule has 1 rings (SSSR count). The molecule has 1 aliphatic carbocycles. The van der Waals surface area contributed by atoms with Gasteiger partial charge >= 0.3 is 12.0 Å². The zero-order chi connectivity index (χ0) is 14.9. The van der Waals surface area contributed by atoms with Crippen LogP contribution < -0.4 is 10.6 Å². The van der Waals surface area contributed by atoms with Crippen LogP contribution in [0.1, 0.15) is 60.3 Å². The summed E-state index contributed by atoms with van der Waals surface area (Å²) in [5.41, 5.74) is -1.96. The molecule has 0 radical (unpaired) electrons. The number of rotatable bonds is 5. The largest absolute Gasteiger partial charge is 0.481 e. The minimum atomic E-state index is -1.04. The SMILES string of the molecule is CCC1(NC(=O)NC(C)(C)C(C)(C)C(=O)O)CCC1. The highest BCUT2D eigenvalue weighted by atomic mass is 16.4. The first-order valence-electron chi connectivity index (χ1n) is 6.90. The molecule has 0 saturated heterocycles. The molecule has 3 N–H and O–H groups in total. The highest BCUT2D eigenvalue weighted by molar-refractivity contribution is 5.80. The number of nitrogens with one attached hydrogen (secondary N) is 2. The normalized spacial score (nSPS) is 18.4. The van der Waals surface area contributed by atoms with Gasteiger partial charge in [0.05, 0.1) is 11.0 Å². The minimum absolute atomic E-state index is 0.0898. The first-order chi connectivity index (χ1) is 8.56. The topological polar surface area (TPSA) is 78.4 Å². The molecule has 0 atom stereocenters. The van der Waals surface area contributed by atoms with Gasteiger partial charge in [-0.2, -0.15) is 0 Å². The second-order valence-electron chi connectivity index (χ2n) is 6.62. The van der Waals surface area contributed by atoms with Crippen molar-refractivity contribution in [2.24, 2.45) is 5.41 Å². The van der Waals surface area contributed by atoms with E-state index in [9.17, 15) is 14.7 Å². The van der Waals surface area contributed by atoms with Crippen molar-refractivity contribution in [1.29, 1.82) is 0 Å². The Hall–Kier alpha value is -1.26. The summed E-state index contributed by atoms with van der Waals surface area (Å²) in [6.45, 7) is 8.77. The first-order valence-corrected chi connectivity index (χ1v) is 6.90. The highest BCUT2D eigenvalue weighted by Gasteiger charge is 2.45. The molecular formula is C14H26N2O3. The number of carbonyl (C=O) groups is 2. The molecule has 0 aliphatic heterocycles. The van der Waals surface area contributed by atoms with Crippen LogP contribution in [0.25, 0.3) is 0 Å². The molecule has 0 bridgehead atoms. The molecule has 1 saturated carbocycles. The van der Waals surface area contributed by atoms with Gasteiger partial charge in [0.15, 0.2) is 0 Å². The Balaban J connectivity index is 2.68. The Morgan fingerprint density at radius 2 is 1.74 bits per heavy atom. The van der Waals surface area contributed by atoms with Crippen molar-refractivity contribution < 1.29 is 14.7 Å². The van der Waals surface area contributed by atoms with Gasteiger partial charge in [0.1, 0.15) is 0 Å². The summed E-state index contributed by atoms with van der Waals surface area (Å²) in [4.78, 5) is 23.4. The van der Waals surface area contributed by atoms with E-state index in [0.717, 1.165) is 25.7 Å². The highest BCUT2D eigenvalue weighted by Crippen LogP contribution is 2.35. The van der Waals surface area contributed by atoms with Crippen molar-refractivity contribution >= 4 is 12.0 Å². The molecule has 5 nitrogen and oxygen atoms in total. The number of hydrogen-bond donors (Lipinski definition) is 3. The number of aliphatic carboxylic acids is 1. The molecule has 0 aromatic rings. The van der Waals surface area contributed by atoms with Crippen LogP contribution in [-0.2, 0) is 4.79 Å². The molecule has 5 heteroatoms. The summed E-state index contributed by atoms with van der Waals surface area (Å²) in [5, 5.41) is 15.1. The van der Waals surface area contributed by atoms with E-state index >= 15 is 0 Å². The molecular weight excluding hydrogens is 244 g/mol. The van der Waals surface area contributed by atoms with E-state index in [2.05, 4.69) is 17.6 Å². The Morgan fingerprint density at radius 1 is 1.21 bits per heavy atom. The molecule has 0 aromatic carbocycles. The Morgan fingerprint density at radius 3 is 2.05 bits per heavy atom. The fourth-order valence-electron chi connectivity index (χ4n) is 2.15. The van der Waals surface area contributed by atoms with Crippen LogP contribution in [0, 0.1) is 5.41 Å². The van der Waals surface area contributed by atoms with Gasteiger partial charge in [-0.1, -0.05) is 6.92 Å². The van der Waals surface area contributed by atoms with Crippen molar-refractivity contribution in [3.63, 3.8) is 0 Å². The molecule has 0 spiro atoms. The molecule has 0 unspecified atom stereocenters. The second-order valence-corrected chi connectivity index (χ2v) is 6.62. The second kappa shape index (κ2) is 5.02. The summed E-state index contributed by atoms with van der Waals surface area (Å²) in [7, 11) is 0. The maximum absolute atomic E-state index is 12.1. The van der Waals surface area contributed by atoms with Gasteiger partial charge in [0.2, 0.25) is 0 Å². The standard InChI is InChI=1S/C14H26N2O3/c1-6-14(8-7-9-14)16-11(19)15-13(4,5)12(2,3)10(17)18/h6-9H2,1-5H3,(H,17,18)(H2,15,16,19). The van der Waals surface area contributed by atoms with Gasteiger partial charge in [0.25, 0.3) is 0 Å². The third-order valence-electron chi connectivity index (χ3n) is 4.89. The van der Waals surface area contributed by atoms with Crippen molar-refractivity contribution in [2.75, 3.05) is 0 Å². The lowest BCUT2D eigenvalue weighted by molar-refractivity contribution is -0.150. The molecule has 0 aromatic heterocycles. The van der Waals surface area contributed by atoms with Gasteiger partial charge in [-0.25, -0.2) is 4.79 Å². The van der Waals surface area contributed by atoms with Crippen LogP contribution in [0.15, 0.2) is 0 Å². The fraction of sp³-hybridized carbons (Fsp3) is 0.857. The lowest BCUT2D eigenvalue weighted by Crippen LogP contribution is -2.63. The van der Waals surface area contributed by atoms with Crippen molar-refractivity contribution in [3.05, 3.63) is 0 Å². The summed E-state index contributed by atoms with van der Waals surface area (Å²) >= 11 is 0. The maximum atomic E-state index is 12.1. The van der Waals surface area contributed by atoms with E-state index in [1.54, 1.807) is 27.7 Å². The van der Waals surface area contributed by atoms with Crippen molar-refractivity contribution in [1.82, 2.24) is 10.6 Å². The van der Waals surface area contributed by atoms with E-state index < -0.39 is 16.9 Å². The number of amides is 2. The molecule has 0 heterocycles. The zero-order valence-electron chi connectivity index (χ0n) is 12.6. The maximum Gasteiger partial charge on any atom is 0.315 e. The van der Waals surface area contributed by atoms with E-state index in [1.807, 2.05) is 0 Å². The first kappa shape index (κ1) is 15.8. The van der Waals surface area contributed by atoms with Gasteiger partial charge in [-0.3, -0.25) is 4.79 Å². The average molecular weight is 270 g/mol. The number of hydrogen-bond acceptors (Lipinski definition) is 2. The van der Waals surface area contributed by atoms with Crippen LogP contribution in [0.2, 0.25) is 0 Å². The summed E-state index contributed by atoms with van der Waals surface area (Å²) in [6.07, 6.45) is 4.04. The molecule has 1 aliphatic rings. The van der Waals surface area contributed by atoms with Gasteiger partial charge < -0.3 is 15.7 Å². The minimum Gasteiger partial charge on any atom is -0.481 e. The Bertz CT molecular complexity index is 365. The smallest absolute Gasteiger partial charge is 0.315 e. The predicted molar refractivity (Wildman–Crippen MR) is 74.0 cm³/mol. The average Bonchev–Trinajstić information content (AvgIpc) is 2.22. The van der Waals surface area contributed by atoms with Crippen LogP contribution >= 0.6 is 0 Å².